The van der Waals surface area contributed by atoms with E-state index in [0.717, 1.165) is 0 Å². The number of aliphatic hydroxyl groups excluding tert-OH is 2. The Morgan fingerprint density at radius 3 is 2.72 bits per heavy atom. The Bertz CT molecular complexity index is 893. The van der Waals surface area contributed by atoms with Crippen LogP contribution in [0.15, 0.2) is 18.6 Å². The zero-order valence-electron chi connectivity index (χ0n) is 15.5. The van der Waals surface area contributed by atoms with Crippen LogP contribution < -0.4 is 11.5 Å². The fraction of sp³-hybridized carbons (Fsp3) is 0.647. The molecule has 0 saturated carbocycles. The van der Waals surface area contributed by atoms with Gasteiger partial charge in [-0.2, -0.15) is 13.2 Å². The molecule has 6 N–H and O–H groups in total. The maximum absolute atomic E-state index is 13.7. The minimum atomic E-state index is -4.51. The predicted octanol–water partition coefficient (Wildman–Crippen LogP) is -0.0117. The molecule has 4 heterocycles. The Morgan fingerprint density at radius 1 is 1.28 bits per heavy atom. The number of aliphatic hydroxyl groups is 2. The molecule has 2 saturated heterocycles. The summed E-state index contributed by atoms with van der Waals surface area (Å²) in [7, 11) is 0. The molecule has 0 spiro atoms. The molecule has 0 aliphatic carbocycles. The Kier molecular flexibility index (Phi) is 4.94. The van der Waals surface area contributed by atoms with E-state index in [2.05, 4.69) is 9.97 Å². The van der Waals surface area contributed by atoms with Crippen molar-refractivity contribution < 1.29 is 28.1 Å². The van der Waals surface area contributed by atoms with Crippen molar-refractivity contribution in [1.29, 1.82) is 0 Å². The van der Waals surface area contributed by atoms with Gasteiger partial charge < -0.3 is 31.0 Å². The highest BCUT2D eigenvalue weighted by atomic mass is 19.4. The molecule has 2 aromatic rings. The first-order valence-electron chi connectivity index (χ1n) is 9.30. The second-order valence-corrected chi connectivity index (χ2v) is 7.55. The highest BCUT2D eigenvalue weighted by Gasteiger charge is 2.60. The molecule has 0 bridgehead atoms. The van der Waals surface area contributed by atoms with Crippen LogP contribution in [0.4, 0.5) is 19.0 Å². The second-order valence-electron chi connectivity index (χ2n) is 7.55. The summed E-state index contributed by atoms with van der Waals surface area (Å²) >= 11 is 0. The number of nitrogen functional groups attached to an aromatic ring is 1. The second kappa shape index (κ2) is 7.06. The van der Waals surface area contributed by atoms with Crippen molar-refractivity contribution in [2.75, 3.05) is 25.4 Å². The van der Waals surface area contributed by atoms with Crippen molar-refractivity contribution >= 4 is 16.9 Å². The van der Waals surface area contributed by atoms with Gasteiger partial charge in [-0.25, -0.2) is 9.97 Å². The Balaban J connectivity index is 1.58. The third-order valence-electron chi connectivity index (χ3n) is 6.04. The number of nitrogens with zero attached hydrogens (tertiary/aromatic N) is 4. The molecule has 12 heteroatoms. The summed E-state index contributed by atoms with van der Waals surface area (Å²) in [4.78, 5) is 9.23. The molecule has 0 amide bonds. The summed E-state index contributed by atoms with van der Waals surface area (Å²) in [6, 6.07) is 1.64. The number of aromatic nitrogens is 3. The van der Waals surface area contributed by atoms with Crippen molar-refractivity contribution in [3.63, 3.8) is 0 Å². The van der Waals surface area contributed by atoms with Crippen molar-refractivity contribution in [1.82, 2.24) is 19.4 Å². The van der Waals surface area contributed by atoms with Crippen LogP contribution in [-0.4, -0.2) is 79.3 Å². The number of fused-ring (bicyclic) bond motifs is 1. The number of hydrogen-bond acceptors (Lipinski definition) is 8. The van der Waals surface area contributed by atoms with Crippen LogP contribution in [0, 0.1) is 0 Å². The van der Waals surface area contributed by atoms with Crippen LogP contribution in [0.5, 0.6) is 0 Å². The van der Waals surface area contributed by atoms with Crippen LogP contribution >= 0.6 is 0 Å². The van der Waals surface area contributed by atoms with E-state index in [4.69, 9.17) is 16.2 Å². The molecule has 5 atom stereocenters. The largest absolute Gasteiger partial charge is 0.408 e. The maximum atomic E-state index is 13.7. The van der Waals surface area contributed by atoms with Gasteiger partial charge in [0.2, 0.25) is 0 Å². The molecule has 4 rings (SSSR count). The van der Waals surface area contributed by atoms with E-state index in [0.29, 0.717) is 17.5 Å². The summed E-state index contributed by atoms with van der Waals surface area (Å²) in [5.41, 5.74) is 9.57. The van der Waals surface area contributed by atoms with Crippen LogP contribution in [0.2, 0.25) is 0 Å². The van der Waals surface area contributed by atoms with E-state index in [1.807, 2.05) is 0 Å². The Hall–Kier alpha value is -1.99. The van der Waals surface area contributed by atoms with E-state index in [9.17, 15) is 23.4 Å². The number of alkyl halides is 3. The third-order valence-corrected chi connectivity index (χ3v) is 6.04. The van der Waals surface area contributed by atoms with Gasteiger partial charge in [0.1, 0.15) is 41.6 Å². The van der Waals surface area contributed by atoms with E-state index in [1.165, 1.54) is 15.8 Å². The quantitative estimate of drug-likeness (QED) is 0.547. The van der Waals surface area contributed by atoms with Gasteiger partial charge in [0.05, 0.1) is 5.39 Å². The first-order chi connectivity index (χ1) is 13.7. The van der Waals surface area contributed by atoms with Crippen molar-refractivity contribution in [3.05, 3.63) is 18.6 Å². The van der Waals surface area contributed by atoms with Gasteiger partial charge in [0.25, 0.3) is 0 Å². The van der Waals surface area contributed by atoms with Gasteiger partial charge >= 0.3 is 6.18 Å². The SMILES string of the molecule is NCC1(C(F)(F)F)CCCN1C[C@H]1O[C@@H](n2ccc3c(N)ncnc32)[C@H](O)[C@@H]1O. The molecule has 29 heavy (non-hydrogen) atoms. The van der Waals surface area contributed by atoms with Crippen LogP contribution in [0.25, 0.3) is 11.0 Å². The van der Waals surface area contributed by atoms with E-state index in [1.54, 1.807) is 12.3 Å². The summed E-state index contributed by atoms with van der Waals surface area (Å²) in [5.74, 6) is 0.244. The number of ether oxygens (including phenoxy) is 1. The van der Waals surface area contributed by atoms with Crippen molar-refractivity contribution in [3.8, 4) is 0 Å². The molecule has 2 aromatic heterocycles. The fourth-order valence-corrected chi connectivity index (χ4v) is 4.39. The molecule has 160 valence electrons. The van der Waals surface area contributed by atoms with Crippen molar-refractivity contribution in [2.45, 2.75) is 49.1 Å². The number of nitrogens with two attached hydrogens (primary N) is 2. The average molecular weight is 416 g/mol. The molecule has 9 nitrogen and oxygen atoms in total. The topological polar surface area (TPSA) is 136 Å². The van der Waals surface area contributed by atoms with Gasteiger partial charge in [0, 0.05) is 19.3 Å². The van der Waals surface area contributed by atoms with E-state index < -0.39 is 42.8 Å². The standard InChI is InChI=1S/C17H23F3N6O3/c18-17(19,20)16(7-21)3-1-4-25(16)6-10-11(27)12(28)15(29-10)26-5-2-9-13(22)23-8-24-14(9)26/h2,5,8,10-12,15,27-28H,1,3-4,6-7,21H2,(H2,22,23,24)/t10-,11-,12-,15-,16?/m1/s1. The predicted molar refractivity (Wildman–Crippen MR) is 96.5 cm³/mol. The fourth-order valence-electron chi connectivity index (χ4n) is 4.39. The smallest absolute Gasteiger partial charge is 0.387 e. The van der Waals surface area contributed by atoms with Crippen molar-refractivity contribution in [2.24, 2.45) is 5.73 Å². The lowest BCUT2D eigenvalue weighted by Gasteiger charge is -2.40. The highest BCUT2D eigenvalue weighted by Crippen LogP contribution is 2.43. The normalized spacial score (nSPS) is 33.7. The number of halogens is 3. The lowest BCUT2D eigenvalue weighted by molar-refractivity contribution is -0.224. The first-order valence-corrected chi connectivity index (χ1v) is 9.30. The van der Waals surface area contributed by atoms with E-state index in [-0.39, 0.29) is 25.3 Å². The van der Waals surface area contributed by atoms with Gasteiger partial charge in [0.15, 0.2) is 6.23 Å². The molecular formula is C17H23F3N6O3. The molecule has 0 radical (unpaired) electrons. The Morgan fingerprint density at radius 2 is 2.03 bits per heavy atom. The number of anilines is 1. The summed E-state index contributed by atoms with van der Waals surface area (Å²) in [5, 5.41) is 21.5. The highest BCUT2D eigenvalue weighted by molar-refractivity contribution is 5.86. The molecule has 2 fully saturated rings. The van der Waals surface area contributed by atoms with Gasteiger partial charge in [-0.05, 0) is 25.5 Å². The van der Waals surface area contributed by atoms with Gasteiger partial charge in [-0.15, -0.1) is 0 Å². The van der Waals surface area contributed by atoms with Gasteiger partial charge in [-0.1, -0.05) is 0 Å². The summed E-state index contributed by atoms with van der Waals surface area (Å²) < 4.78 is 48.5. The lowest BCUT2D eigenvalue weighted by atomic mass is 9.94. The maximum Gasteiger partial charge on any atom is 0.408 e. The molecule has 2 aliphatic heterocycles. The third kappa shape index (κ3) is 3.06. The number of rotatable bonds is 4. The van der Waals surface area contributed by atoms with Crippen LogP contribution in [0.1, 0.15) is 19.1 Å². The number of likely N-dealkylation sites (tertiary alicyclic amines) is 1. The average Bonchev–Trinajstić information content (AvgIpc) is 3.34. The zero-order valence-corrected chi connectivity index (χ0v) is 15.5. The number of hydrogen-bond donors (Lipinski definition) is 4. The van der Waals surface area contributed by atoms with Crippen LogP contribution in [-0.2, 0) is 4.74 Å². The zero-order chi connectivity index (χ0) is 21.0. The van der Waals surface area contributed by atoms with Crippen LogP contribution in [0.3, 0.4) is 0 Å². The molecule has 1 unspecified atom stereocenters. The first kappa shape index (κ1) is 20.3. The minimum Gasteiger partial charge on any atom is -0.387 e. The lowest BCUT2D eigenvalue weighted by Crippen LogP contribution is -2.61. The summed E-state index contributed by atoms with van der Waals surface area (Å²) in [6.45, 7) is -0.605. The minimum absolute atomic E-state index is 0.111. The van der Waals surface area contributed by atoms with Gasteiger partial charge in [-0.3, -0.25) is 4.90 Å². The molecular weight excluding hydrogens is 393 g/mol. The molecule has 2 aliphatic rings. The van der Waals surface area contributed by atoms with E-state index >= 15 is 0 Å². The summed E-state index contributed by atoms with van der Waals surface area (Å²) in [6.07, 6.45) is -6.23. The Labute approximate surface area is 164 Å². The molecule has 0 aromatic carbocycles. The monoisotopic (exact) mass is 416 g/mol.